The molecule has 3 nitrogen and oxygen atoms in total. The number of ketones is 1. The van der Waals surface area contributed by atoms with E-state index >= 15 is 0 Å². The van der Waals surface area contributed by atoms with Crippen LogP contribution in [0.3, 0.4) is 0 Å². The van der Waals surface area contributed by atoms with Gasteiger partial charge in [0.15, 0.2) is 5.78 Å². The van der Waals surface area contributed by atoms with Gasteiger partial charge < -0.3 is 10.8 Å². The van der Waals surface area contributed by atoms with E-state index in [9.17, 15) is 9.90 Å². The zero-order chi connectivity index (χ0) is 15.7. The van der Waals surface area contributed by atoms with E-state index < -0.39 is 0 Å². The minimum Gasteiger partial charge on any atom is -0.393 e. The molecule has 3 N–H and O–H groups in total. The summed E-state index contributed by atoms with van der Waals surface area (Å²) < 4.78 is 0. The fraction of sp³-hybridized carbons (Fsp3) is 0.947. The number of halogens is 1. The van der Waals surface area contributed by atoms with Crippen LogP contribution < -0.4 is 5.73 Å². The van der Waals surface area contributed by atoms with Crippen molar-refractivity contribution in [3.8, 4) is 0 Å². The Morgan fingerprint density at radius 1 is 1.04 bits per heavy atom. The second-order valence-corrected chi connectivity index (χ2v) is 9.25. The molecule has 0 spiro atoms. The summed E-state index contributed by atoms with van der Waals surface area (Å²) in [5.41, 5.74) is 6.39. The highest BCUT2D eigenvalue weighted by molar-refractivity contribution is 5.92. The van der Waals surface area contributed by atoms with Crippen LogP contribution in [0.5, 0.6) is 0 Å². The average molecular weight is 342 g/mol. The topological polar surface area (TPSA) is 63.3 Å². The molecule has 132 valence electrons. The first kappa shape index (κ1) is 17.7. The van der Waals surface area contributed by atoms with Crippen LogP contribution in [0.4, 0.5) is 0 Å². The van der Waals surface area contributed by atoms with E-state index in [1.807, 2.05) is 0 Å². The monoisotopic (exact) mass is 341 g/mol. The van der Waals surface area contributed by atoms with Crippen molar-refractivity contribution in [3.63, 3.8) is 0 Å². The van der Waals surface area contributed by atoms with Crippen molar-refractivity contribution in [1.82, 2.24) is 0 Å². The summed E-state index contributed by atoms with van der Waals surface area (Å²) in [7, 11) is 0. The van der Waals surface area contributed by atoms with Crippen LogP contribution >= 0.6 is 12.4 Å². The number of hydrogen-bond acceptors (Lipinski definition) is 3. The van der Waals surface area contributed by atoms with Gasteiger partial charge in [-0.25, -0.2) is 0 Å². The Morgan fingerprint density at radius 3 is 2.52 bits per heavy atom. The molecule has 0 radical (unpaired) electrons. The third-order valence-corrected chi connectivity index (χ3v) is 8.44. The molecule has 0 aliphatic heterocycles. The van der Waals surface area contributed by atoms with Crippen LogP contribution in [0, 0.1) is 34.5 Å². The summed E-state index contributed by atoms with van der Waals surface area (Å²) in [5, 5.41) is 10.1. The first-order chi connectivity index (χ1) is 10.4. The largest absolute Gasteiger partial charge is 0.393 e. The maximum atomic E-state index is 12.6. The fourth-order valence-corrected chi connectivity index (χ4v) is 7.10. The van der Waals surface area contributed by atoms with E-state index in [0.717, 1.165) is 31.6 Å². The van der Waals surface area contributed by atoms with Crippen molar-refractivity contribution in [2.24, 2.45) is 40.2 Å². The highest BCUT2D eigenvalue weighted by atomic mass is 35.5. The molecule has 4 rings (SSSR count). The summed E-state index contributed by atoms with van der Waals surface area (Å²) in [6.07, 6.45) is 8.70. The number of Topliss-reactive ketones (excluding diaryl/α,β-unsaturated/α-hetero) is 1. The summed E-state index contributed by atoms with van der Waals surface area (Å²) in [6, 6.07) is -0.215. The third-order valence-electron chi connectivity index (χ3n) is 8.44. The van der Waals surface area contributed by atoms with Crippen LogP contribution in [0.2, 0.25) is 0 Å². The van der Waals surface area contributed by atoms with Gasteiger partial charge in [-0.05, 0) is 80.5 Å². The van der Waals surface area contributed by atoms with Crippen molar-refractivity contribution < 1.29 is 9.90 Å². The molecule has 23 heavy (non-hydrogen) atoms. The van der Waals surface area contributed by atoms with Gasteiger partial charge in [0, 0.05) is 5.41 Å². The van der Waals surface area contributed by atoms with E-state index in [1.54, 1.807) is 0 Å². The van der Waals surface area contributed by atoms with Crippen molar-refractivity contribution >= 4 is 18.2 Å². The van der Waals surface area contributed by atoms with E-state index in [0.29, 0.717) is 29.0 Å². The van der Waals surface area contributed by atoms with E-state index in [4.69, 9.17) is 5.73 Å². The van der Waals surface area contributed by atoms with Crippen molar-refractivity contribution in [2.45, 2.75) is 77.4 Å². The van der Waals surface area contributed by atoms with E-state index in [1.165, 1.54) is 25.7 Å². The number of aliphatic hydroxyl groups is 1. The van der Waals surface area contributed by atoms with Gasteiger partial charge in [0.25, 0.3) is 0 Å². The molecule has 4 fully saturated rings. The third kappa shape index (κ3) is 2.33. The molecular formula is C19H32ClNO2. The minimum absolute atomic E-state index is 0. The molecule has 0 bridgehead atoms. The SMILES string of the molecule is C[C@]12CC[C@H](O)C[C@@H]1CC[C@@H]1[C@@H]2CC[C@]2(C)C(=O)[C@@H](N)C[C@@H]12.Cl. The number of nitrogens with two attached hydrogens (primary N) is 1. The molecule has 0 aromatic heterocycles. The Bertz CT molecular complexity index is 498. The zero-order valence-corrected chi connectivity index (χ0v) is 15.3. The van der Waals surface area contributed by atoms with Gasteiger partial charge in [-0.15, -0.1) is 12.4 Å². The van der Waals surface area contributed by atoms with E-state index in [2.05, 4.69) is 13.8 Å². The summed E-state index contributed by atoms with van der Waals surface area (Å²) in [6.45, 7) is 4.68. The number of carbonyl (C=O) groups is 1. The highest BCUT2D eigenvalue weighted by Gasteiger charge is 2.61. The second-order valence-electron chi connectivity index (χ2n) is 9.25. The van der Waals surface area contributed by atoms with Crippen LogP contribution in [0.25, 0.3) is 0 Å². The first-order valence-electron chi connectivity index (χ1n) is 9.34. The molecule has 0 aromatic rings. The number of aliphatic hydroxyl groups excluding tert-OH is 1. The van der Waals surface area contributed by atoms with E-state index in [-0.39, 0.29) is 30.0 Å². The fourth-order valence-electron chi connectivity index (χ4n) is 7.10. The smallest absolute Gasteiger partial charge is 0.155 e. The first-order valence-corrected chi connectivity index (χ1v) is 9.34. The predicted molar refractivity (Wildman–Crippen MR) is 93.3 cm³/mol. The van der Waals surface area contributed by atoms with Gasteiger partial charge in [-0.3, -0.25) is 4.79 Å². The molecule has 4 aliphatic carbocycles. The van der Waals surface area contributed by atoms with Crippen LogP contribution in [0.15, 0.2) is 0 Å². The molecule has 4 aliphatic rings. The number of rotatable bonds is 0. The van der Waals surface area contributed by atoms with Gasteiger partial charge in [0.1, 0.15) is 0 Å². The lowest BCUT2D eigenvalue weighted by atomic mass is 9.45. The quantitative estimate of drug-likeness (QED) is 0.710. The van der Waals surface area contributed by atoms with Gasteiger partial charge in [0.2, 0.25) is 0 Å². The molecule has 4 saturated carbocycles. The Labute approximate surface area is 146 Å². The Morgan fingerprint density at radius 2 is 1.78 bits per heavy atom. The Kier molecular flexibility index (Phi) is 4.39. The number of fused-ring (bicyclic) bond motifs is 5. The lowest BCUT2D eigenvalue weighted by Crippen LogP contribution is -2.54. The number of hydrogen-bond donors (Lipinski definition) is 2. The minimum atomic E-state index is -0.215. The Balaban J connectivity index is 0.00000156. The zero-order valence-electron chi connectivity index (χ0n) is 14.5. The summed E-state index contributed by atoms with van der Waals surface area (Å²) in [5.74, 6) is 2.97. The summed E-state index contributed by atoms with van der Waals surface area (Å²) in [4.78, 5) is 12.6. The lowest BCUT2D eigenvalue weighted by molar-refractivity contribution is -0.142. The van der Waals surface area contributed by atoms with Crippen molar-refractivity contribution in [3.05, 3.63) is 0 Å². The second kappa shape index (κ2) is 5.71. The maximum Gasteiger partial charge on any atom is 0.155 e. The Hall–Kier alpha value is -0.120. The van der Waals surface area contributed by atoms with Gasteiger partial charge in [0.05, 0.1) is 12.1 Å². The molecule has 8 atom stereocenters. The molecular weight excluding hydrogens is 310 g/mol. The molecule has 0 heterocycles. The lowest BCUT2D eigenvalue weighted by Gasteiger charge is -2.60. The van der Waals surface area contributed by atoms with Gasteiger partial charge in [-0.1, -0.05) is 13.8 Å². The average Bonchev–Trinajstić information content (AvgIpc) is 2.72. The van der Waals surface area contributed by atoms with Gasteiger partial charge in [-0.2, -0.15) is 0 Å². The predicted octanol–water partition coefficient (Wildman–Crippen LogP) is 3.32. The summed E-state index contributed by atoms with van der Waals surface area (Å²) >= 11 is 0. The molecule has 0 amide bonds. The van der Waals surface area contributed by atoms with Crippen molar-refractivity contribution in [2.75, 3.05) is 0 Å². The van der Waals surface area contributed by atoms with Gasteiger partial charge >= 0.3 is 0 Å². The van der Waals surface area contributed by atoms with Crippen LogP contribution in [-0.2, 0) is 4.79 Å². The molecule has 0 saturated heterocycles. The van der Waals surface area contributed by atoms with Crippen LogP contribution in [-0.4, -0.2) is 23.0 Å². The number of carbonyl (C=O) groups excluding carboxylic acids is 1. The van der Waals surface area contributed by atoms with Crippen molar-refractivity contribution in [1.29, 1.82) is 0 Å². The highest BCUT2D eigenvalue weighted by Crippen LogP contribution is 2.65. The maximum absolute atomic E-state index is 12.6. The molecule has 0 unspecified atom stereocenters. The standard InChI is InChI=1S/C19H31NO2.ClH/c1-18-7-5-12(21)9-11(18)3-4-13-14(18)6-8-19(2)15(13)10-16(20)17(19)22;/h11-16,21H,3-10,20H2,1-2H3;1H/t11-,12-,13+,14-,15-,16-,18-,19-;/m0./s1. The normalized spacial score (nSPS) is 55.4. The van der Waals surface area contributed by atoms with Crippen LogP contribution in [0.1, 0.15) is 65.2 Å². The molecule has 4 heteroatoms. The molecule has 0 aromatic carbocycles.